The van der Waals surface area contributed by atoms with Crippen molar-refractivity contribution in [1.29, 1.82) is 0 Å². The van der Waals surface area contributed by atoms with E-state index in [2.05, 4.69) is 27.3 Å². The summed E-state index contributed by atoms with van der Waals surface area (Å²) in [7, 11) is 0. The lowest BCUT2D eigenvalue weighted by Crippen LogP contribution is -2.21. The van der Waals surface area contributed by atoms with E-state index in [4.69, 9.17) is 4.74 Å². The molecule has 0 aliphatic carbocycles. The molecular weight excluding hydrogens is 333 g/mol. The molecule has 2 aromatic carbocycles. The Hall–Kier alpha value is -1.39. The third kappa shape index (κ3) is 3.44. The third-order valence-corrected chi connectivity index (χ3v) is 4.24. The summed E-state index contributed by atoms with van der Waals surface area (Å²) in [4.78, 5) is 0. The Kier molecular flexibility index (Phi) is 4.56. The van der Waals surface area contributed by atoms with E-state index in [1.54, 1.807) is 6.07 Å². The molecule has 2 aromatic rings. The summed E-state index contributed by atoms with van der Waals surface area (Å²) in [6, 6.07) is 13.2. The predicted octanol–water partition coefficient (Wildman–Crippen LogP) is 4.59. The van der Waals surface area contributed by atoms with Crippen LogP contribution in [-0.4, -0.2) is 6.61 Å². The molecule has 1 heterocycles. The van der Waals surface area contributed by atoms with Crippen LogP contribution in [0.1, 0.15) is 30.0 Å². The van der Waals surface area contributed by atoms with E-state index < -0.39 is 0 Å². The Morgan fingerprint density at radius 1 is 1.24 bits per heavy atom. The normalized spacial score (nSPS) is 17.7. The molecule has 1 aliphatic rings. The lowest BCUT2D eigenvalue weighted by atomic mass is 10.0. The van der Waals surface area contributed by atoms with Crippen LogP contribution in [0.15, 0.2) is 46.9 Å². The van der Waals surface area contributed by atoms with E-state index in [9.17, 15) is 4.39 Å². The van der Waals surface area contributed by atoms with Gasteiger partial charge < -0.3 is 10.1 Å². The standard InChI is InChI=1S/C17H17BrFNO/c18-13-7-8-14-16(6-3-9-21-17(14)10-13)20-11-12-4-1-2-5-15(12)19/h1-2,4-5,7-8,10,16,20H,3,6,9,11H2. The first kappa shape index (κ1) is 14.5. The van der Waals surface area contributed by atoms with Crippen LogP contribution in [0.3, 0.4) is 0 Å². The molecule has 21 heavy (non-hydrogen) atoms. The number of rotatable bonds is 3. The van der Waals surface area contributed by atoms with E-state index in [-0.39, 0.29) is 11.9 Å². The van der Waals surface area contributed by atoms with Crippen molar-refractivity contribution < 1.29 is 9.13 Å². The summed E-state index contributed by atoms with van der Waals surface area (Å²) in [5.74, 6) is 0.749. The van der Waals surface area contributed by atoms with Crippen molar-refractivity contribution in [3.05, 3.63) is 63.9 Å². The second-order valence-corrected chi connectivity index (χ2v) is 6.11. The molecule has 0 spiro atoms. The van der Waals surface area contributed by atoms with Crippen molar-refractivity contribution in [3.63, 3.8) is 0 Å². The second kappa shape index (κ2) is 6.58. The van der Waals surface area contributed by atoms with Crippen LogP contribution in [0.5, 0.6) is 5.75 Å². The van der Waals surface area contributed by atoms with Crippen molar-refractivity contribution >= 4 is 15.9 Å². The first-order valence-corrected chi connectivity index (χ1v) is 7.92. The maximum Gasteiger partial charge on any atom is 0.127 e. The maximum absolute atomic E-state index is 13.7. The molecule has 0 saturated carbocycles. The number of hydrogen-bond acceptors (Lipinski definition) is 2. The SMILES string of the molecule is Fc1ccccc1CNC1CCCOc2cc(Br)ccc21. The van der Waals surface area contributed by atoms with Crippen LogP contribution in [0.4, 0.5) is 4.39 Å². The molecule has 0 saturated heterocycles. The Balaban J connectivity index is 1.78. The predicted molar refractivity (Wildman–Crippen MR) is 84.9 cm³/mol. The van der Waals surface area contributed by atoms with E-state index in [0.29, 0.717) is 12.1 Å². The first-order chi connectivity index (χ1) is 10.2. The van der Waals surface area contributed by atoms with Gasteiger partial charge in [-0.15, -0.1) is 0 Å². The summed E-state index contributed by atoms with van der Waals surface area (Å²) in [5.41, 5.74) is 1.84. The average Bonchev–Trinajstić information content (AvgIpc) is 2.68. The zero-order valence-corrected chi connectivity index (χ0v) is 13.2. The van der Waals surface area contributed by atoms with Gasteiger partial charge in [0.15, 0.2) is 0 Å². The molecule has 4 heteroatoms. The quantitative estimate of drug-likeness (QED) is 0.874. The molecule has 0 radical (unpaired) electrons. The number of fused-ring (bicyclic) bond motifs is 1. The van der Waals surface area contributed by atoms with E-state index in [0.717, 1.165) is 35.2 Å². The van der Waals surface area contributed by atoms with Gasteiger partial charge in [0.25, 0.3) is 0 Å². The molecule has 0 bridgehead atoms. The molecule has 3 rings (SSSR count). The van der Waals surface area contributed by atoms with Crippen LogP contribution in [0, 0.1) is 5.82 Å². The topological polar surface area (TPSA) is 21.3 Å². The van der Waals surface area contributed by atoms with Crippen LogP contribution in [-0.2, 0) is 6.54 Å². The molecule has 0 amide bonds. The molecule has 2 nitrogen and oxygen atoms in total. The molecule has 0 fully saturated rings. The molecule has 1 aliphatic heterocycles. The zero-order valence-electron chi connectivity index (χ0n) is 11.6. The minimum Gasteiger partial charge on any atom is -0.493 e. The Morgan fingerprint density at radius 2 is 2.10 bits per heavy atom. The lowest BCUT2D eigenvalue weighted by molar-refractivity contribution is 0.315. The van der Waals surface area contributed by atoms with Crippen LogP contribution in [0.2, 0.25) is 0 Å². The first-order valence-electron chi connectivity index (χ1n) is 7.13. The maximum atomic E-state index is 13.7. The highest BCUT2D eigenvalue weighted by atomic mass is 79.9. The van der Waals surface area contributed by atoms with Gasteiger partial charge in [0.2, 0.25) is 0 Å². The van der Waals surface area contributed by atoms with Gasteiger partial charge in [-0.2, -0.15) is 0 Å². The third-order valence-electron chi connectivity index (χ3n) is 3.74. The van der Waals surface area contributed by atoms with Gasteiger partial charge in [0.1, 0.15) is 11.6 Å². The van der Waals surface area contributed by atoms with Gasteiger partial charge in [-0.1, -0.05) is 40.2 Å². The molecule has 1 atom stereocenters. The summed E-state index contributed by atoms with van der Waals surface area (Å²) in [5, 5.41) is 3.46. The smallest absolute Gasteiger partial charge is 0.127 e. The summed E-state index contributed by atoms with van der Waals surface area (Å²) in [6.45, 7) is 1.24. The summed E-state index contributed by atoms with van der Waals surface area (Å²) in [6.07, 6.45) is 1.98. The van der Waals surface area contributed by atoms with Crippen LogP contribution < -0.4 is 10.1 Å². The monoisotopic (exact) mass is 349 g/mol. The van der Waals surface area contributed by atoms with Crippen molar-refractivity contribution in [3.8, 4) is 5.75 Å². The highest BCUT2D eigenvalue weighted by Crippen LogP contribution is 2.33. The number of halogens is 2. The van der Waals surface area contributed by atoms with Gasteiger partial charge in [-0.3, -0.25) is 0 Å². The molecule has 0 aromatic heterocycles. The molecule has 110 valence electrons. The van der Waals surface area contributed by atoms with Crippen molar-refractivity contribution in [2.45, 2.75) is 25.4 Å². The van der Waals surface area contributed by atoms with Crippen molar-refractivity contribution in [2.75, 3.05) is 6.61 Å². The van der Waals surface area contributed by atoms with E-state index in [1.165, 1.54) is 6.07 Å². The minimum atomic E-state index is -0.161. The van der Waals surface area contributed by atoms with Crippen molar-refractivity contribution in [2.24, 2.45) is 0 Å². The second-order valence-electron chi connectivity index (χ2n) is 5.20. The van der Waals surface area contributed by atoms with Gasteiger partial charge >= 0.3 is 0 Å². The largest absolute Gasteiger partial charge is 0.493 e. The van der Waals surface area contributed by atoms with Gasteiger partial charge in [0, 0.05) is 28.2 Å². The number of benzene rings is 2. The van der Waals surface area contributed by atoms with Crippen LogP contribution in [0.25, 0.3) is 0 Å². The number of hydrogen-bond donors (Lipinski definition) is 1. The average molecular weight is 350 g/mol. The summed E-state index contributed by atoms with van der Waals surface area (Å²) < 4.78 is 20.5. The Labute approximate surface area is 132 Å². The lowest BCUT2D eigenvalue weighted by Gasteiger charge is -2.19. The van der Waals surface area contributed by atoms with Gasteiger partial charge in [-0.05, 0) is 31.0 Å². The fourth-order valence-corrected chi connectivity index (χ4v) is 2.97. The van der Waals surface area contributed by atoms with E-state index >= 15 is 0 Å². The zero-order chi connectivity index (χ0) is 14.7. The van der Waals surface area contributed by atoms with Crippen LogP contribution >= 0.6 is 15.9 Å². The van der Waals surface area contributed by atoms with Gasteiger partial charge in [-0.25, -0.2) is 4.39 Å². The molecule has 1 N–H and O–H groups in total. The number of ether oxygens (including phenoxy) is 1. The number of nitrogens with one attached hydrogen (secondary N) is 1. The van der Waals surface area contributed by atoms with E-state index in [1.807, 2.05) is 24.3 Å². The highest BCUT2D eigenvalue weighted by molar-refractivity contribution is 9.10. The fourth-order valence-electron chi connectivity index (χ4n) is 2.63. The fraction of sp³-hybridized carbons (Fsp3) is 0.294. The summed E-state index contributed by atoms with van der Waals surface area (Å²) >= 11 is 3.47. The minimum absolute atomic E-state index is 0.161. The highest BCUT2D eigenvalue weighted by Gasteiger charge is 2.19. The van der Waals surface area contributed by atoms with Gasteiger partial charge in [0.05, 0.1) is 6.61 Å². The Morgan fingerprint density at radius 3 is 2.95 bits per heavy atom. The molecular formula is C17H17BrFNO. The Bertz CT molecular complexity index is 632. The van der Waals surface area contributed by atoms with Crippen molar-refractivity contribution in [1.82, 2.24) is 5.32 Å². The molecule has 1 unspecified atom stereocenters.